The number of benzene rings is 1. The van der Waals surface area contributed by atoms with E-state index in [9.17, 15) is 0 Å². The zero-order valence-electron chi connectivity index (χ0n) is 11.9. The molecule has 0 unspecified atom stereocenters. The van der Waals surface area contributed by atoms with Gasteiger partial charge in [-0.25, -0.2) is 0 Å². The Bertz CT molecular complexity index is 575. The van der Waals surface area contributed by atoms with Gasteiger partial charge in [-0.3, -0.25) is 0 Å². The molecule has 3 rings (SSSR count). The van der Waals surface area contributed by atoms with Crippen molar-refractivity contribution in [1.82, 2.24) is 15.5 Å². The summed E-state index contributed by atoms with van der Waals surface area (Å²) in [5.41, 5.74) is 2.26. The fourth-order valence-electron chi connectivity index (χ4n) is 1.99. The van der Waals surface area contributed by atoms with Crippen LogP contribution < -0.4 is 10.6 Å². The van der Waals surface area contributed by atoms with Crippen molar-refractivity contribution in [3.8, 4) is 0 Å². The maximum Gasteiger partial charge on any atom is 0.320 e. The second kappa shape index (κ2) is 5.63. The van der Waals surface area contributed by atoms with Gasteiger partial charge in [-0.2, -0.15) is 0 Å². The van der Waals surface area contributed by atoms with Crippen molar-refractivity contribution in [3.63, 3.8) is 0 Å². The van der Waals surface area contributed by atoms with Gasteiger partial charge in [0.05, 0.1) is 6.54 Å². The van der Waals surface area contributed by atoms with Crippen LogP contribution in [0.4, 0.5) is 11.7 Å². The Morgan fingerprint density at radius 1 is 1.30 bits per heavy atom. The van der Waals surface area contributed by atoms with Crippen LogP contribution in [0.1, 0.15) is 44.1 Å². The van der Waals surface area contributed by atoms with Gasteiger partial charge in [0.1, 0.15) is 0 Å². The smallest absolute Gasteiger partial charge is 0.320 e. The van der Waals surface area contributed by atoms with Crippen LogP contribution in [0.5, 0.6) is 0 Å². The van der Waals surface area contributed by atoms with Crippen LogP contribution in [0, 0.1) is 0 Å². The average Bonchev–Trinajstić information content (AvgIpc) is 3.17. The number of anilines is 2. The predicted molar refractivity (Wildman–Crippen MR) is 78.0 cm³/mol. The summed E-state index contributed by atoms with van der Waals surface area (Å²) in [5.74, 6) is 1.12. The molecule has 0 amide bonds. The summed E-state index contributed by atoms with van der Waals surface area (Å²) in [7, 11) is 0. The summed E-state index contributed by atoms with van der Waals surface area (Å²) in [5, 5.41) is 14.5. The van der Waals surface area contributed by atoms with Gasteiger partial charge in [-0.1, -0.05) is 31.1 Å². The fraction of sp³-hybridized carbons (Fsp3) is 0.467. The molecule has 0 radical (unpaired) electrons. The van der Waals surface area contributed by atoms with E-state index < -0.39 is 0 Å². The van der Waals surface area contributed by atoms with Crippen molar-refractivity contribution in [1.29, 1.82) is 0 Å². The third-order valence-corrected chi connectivity index (χ3v) is 3.39. The standard InChI is InChI=1S/C15H20N4O/c1-10(2)11-4-3-5-13(8-11)17-15-19-18-14(20-15)9-16-12-6-7-12/h3-5,8,10,12,16H,6-7,9H2,1-2H3,(H,17,19). The van der Waals surface area contributed by atoms with Crippen LogP contribution in [0.2, 0.25) is 0 Å². The highest BCUT2D eigenvalue weighted by atomic mass is 16.4. The molecule has 0 aliphatic heterocycles. The SMILES string of the molecule is CC(C)c1cccc(Nc2nnc(CNC3CC3)o2)c1. The molecule has 106 valence electrons. The number of hydrogen-bond donors (Lipinski definition) is 2. The van der Waals surface area contributed by atoms with Gasteiger partial charge in [0.2, 0.25) is 5.89 Å². The summed E-state index contributed by atoms with van der Waals surface area (Å²) < 4.78 is 5.57. The Labute approximate surface area is 118 Å². The number of nitrogens with one attached hydrogen (secondary N) is 2. The van der Waals surface area contributed by atoms with Crippen molar-refractivity contribution < 1.29 is 4.42 Å². The molecule has 5 heteroatoms. The Morgan fingerprint density at radius 3 is 2.90 bits per heavy atom. The molecular weight excluding hydrogens is 252 g/mol. The van der Waals surface area contributed by atoms with Gasteiger partial charge in [-0.15, -0.1) is 5.10 Å². The predicted octanol–water partition coefficient (Wildman–Crippen LogP) is 3.19. The van der Waals surface area contributed by atoms with Gasteiger partial charge in [0.25, 0.3) is 0 Å². The van der Waals surface area contributed by atoms with E-state index in [2.05, 4.69) is 46.8 Å². The molecule has 1 heterocycles. The highest BCUT2D eigenvalue weighted by molar-refractivity contribution is 5.53. The first-order valence-corrected chi connectivity index (χ1v) is 7.13. The Hall–Kier alpha value is -1.88. The highest BCUT2D eigenvalue weighted by Crippen LogP contribution is 2.22. The summed E-state index contributed by atoms with van der Waals surface area (Å²) >= 11 is 0. The molecular formula is C15H20N4O. The van der Waals surface area contributed by atoms with E-state index in [1.807, 2.05) is 12.1 Å². The summed E-state index contributed by atoms with van der Waals surface area (Å²) in [4.78, 5) is 0. The lowest BCUT2D eigenvalue weighted by molar-refractivity contribution is 0.478. The fourth-order valence-corrected chi connectivity index (χ4v) is 1.99. The molecule has 0 saturated heterocycles. The molecule has 1 aromatic carbocycles. The lowest BCUT2D eigenvalue weighted by Gasteiger charge is -2.07. The van der Waals surface area contributed by atoms with Crippen molar-refractivity contribution in [2.45, 2.75) is 45.2 Å². The van der Waals surface area contributed by atoms with E-state index in [1.54, 1.807) is 0 Å². The third kappa shape index (κ3) is 3.36. The lowest BCUT2D eigenvalue weighted by atomic mass is 10.0. The summed E-state index contributed by atoms with van der Waals surface area (Å²) in [6.45, 7) is 4.99. The van der Waals surface area contributed by atoms with Gasteiger partial charge in [0.15, 0.2) is 0 Å². The normalized spacial score (nSPS) is 14.8. The van der Waals surface area contributed by atoms with Crippen molar-refractivity contribution in [2.24, 2.45) is 0 Å². The number of aromatic nitrogens is 2. The van der Waals surface area contributed by atoms with Crippen LogP contribution in [-0.4, -0.2) is 16.2 Å². The van der Waals surface area contributed by atoms with Gasteiger partial charge >= 0.3 is 6.01 Å². The molecule has 0 bridgehead atoms. The molecule has 1 aromatic heterocycles. The number of nitrogens with zero attached hydrogens (tertiary/aromatic N) is 2. The van der Waals surface area contributed by atoms with Crippen LogP contribution in [0.3, 0.4) is 0 Å². The molecule has 0 atom stereocenters. The first kappa shape index (κ1) is 13.1. The van der Waals surface area contributed by atoms with Crippen molar-refractivity contribution >= 4 is 11.7 Å². The summed E-state index contributed by atoms with van der Waals surface area (Å²) in [6.07, 6.45) is 2.50. The van der Waals surface area contributed by atoms with Crippen LogP contribution >= 0.6 is 0 Å². The second-order valence-electron chi connectivity index (χ2n) is 5.56. The quantitative estimate of drug-likeness (QED) is 0.845. The van der Waals surface area contributed by atoms with E-state index in [1.165, 1.54) is 18.4 Å². The van der Waals surface area contributed by atoms with E-state index in [-0.39, 0.29) is 0 Å². The molecule has 2 N–H and O–H groups in total. The van der Waals surface area contributed by atoms with Crippen LogP contribution in [0.15, 0.2) is 28.7 Å². The molecule has 2 aromatic rings. The van der Waals surface area contributed by atoms with Crippen LogP contribution in [-0.2, 0) is 6.54 Å². The van der Waals surface area contributed by atoms with Gasteiger partial charge < -0.3 is 15.1 Å². The van der Waals surface area contributed by atoms with Crippen LogP contribution in [0.25, 0.3) is 0 Å². The molecule has 5 nitrogen and oxygen atoms in total. The van der Waals surface area contributed by atoms with Crippen molar-refractivity contribution in [3.05, 3.63) is 35.7 Å². The van der Waals surface area contributed by atoms with Gasteiger partial charge in [0, 0.05) is 11.7 Å². The minimum absolute atomic E-state index is 0.443. The molecule has 1 saturated carbocycles. The minimum atomic E-state index is 0.443. The maximum absolute atomic E-state index is 5.57. The largest absolute Gasteiger partial charge is 0.406 e. The zero-order chi connectivity index (χ0) is 13.9. The molecule has 20 heavy (non-hydrogen) atoms. The number of rotatable bonds is 6. The maximum atomic E-state index is 5.57. The molecule has 1 fully saturated rings. The molecule has 0 spiro atoms. The number of hydrogen-bond acceptors (Lipinski definition) is 5. The van der Waals surface area contributed by atoms with Gasteiger partial charge in [-0.05, 0) is 36.5 Å². The lowest BCUT2D eigenvalue weighted by Crippen LogP contribution is -2.15. The molecule has 1 aliphatic carbocycles. The minimum Gasteiger partial charge on any atom is -0.406 e. The Kier molecular flexibility index (Phi) is 3.69. The third-order valence-electron chi connectivity index (χ3n) is 3.39. The van der Waals surface area contributed by atoms with E-state index in [0.717, 1.165) is 5.69 Å². The highest BCUT2D eigenvalue weighted by Gasteiger charge is 2.21. The first-order chi connectivity index (χ1) is 9.70. The van der Waals surface area contributed by atoms with E-state index >= 15 is 0 Å². The van der Waals surface area contributed by atoms with E-state index in [4.69, 9.17) is 4.42 Å². The Morgan fingerprint density at radius 2 is 2.15 bits per heavy atom. The second-order valence-corrected chi connectivity index (χ2v) is 5.56. The molecule has 1 aliphatic rings. The Balaban J connectivity index is 1.63. The first-order valence-electron chi connectivity index (χ1n) is 7.13. The van der Waals surface area contributed by atoms with Crippen molar-refractivity contribution in [2.75, 3.05) is 5.32 Å². The summed E-state index contributed by atoms with van der Waals surface area (Å²) in [6, 6.07) is 9.34. The monoisotopic (exact) mass is 272 g/mol. The zero-order valence-corrected chi connectivity index (χ0v) is 11.9. The van der Waals surface area contributed by atoms with E-state index in [0.29, 0.717) is 30.4 Å². The average molecular weight is 272 g/mol. The topological polar surface area (TPSA) is 63.0 Å².